The van der Waals surface area contributed by atoms with Crippen LogP contribution in [0.25, 0.3) is 0 Å². The van der Waals surface area contributed by atoms with E-state index < -0.39 is 0 Å². The Bertz CT molecular complexity index is 429. The van der Waals surface area contributed by atoms with Gasteiger partial charge < -0.3 is 10.0 Å². The van der Waals surface area contributed by atoms with Gasteiger partial charge in [-0.25, -0.2) is 11.3 Å². The molecule has 0 aromatic heterocycles. The summed E-state index contributed by atoms with van der Waals surface area (Å²) in [6, 6.07) is 5.22. The van der Waals surface area contributed by atoms with Crippen molar-refractivity contribution >= 4 is 17.9 Å². The predicted molar refractivity (Wildman–Crippen MR) is 68.2 cm³/mol. The number of hydrazine groups is 1. The number of nitrogens with one attached hydrogen (secondary N) is 3. The lowest BCUT2D eigenvalue weighted by Gasteiger charge is -2.12. The second-order valence-electron chi connectivity index (χ2n) is 3.53. The second kappa shape index (κ2) is 5.71. The van der Waals surface area contributed by atoms with E-state index in [0.717, 1.165) is 5.69 Å². The molecular formula is C10H16N6O. The zero-order valence-corrected chi connectivity index (χ0v) is 9.73. The van der Waals surface area contributed by atoms with Crippen molar-refractivity contribution in [3.05, 3.63) is 23.8 Å². The van der Waals surface area contributed by atoms with Crippen molar-refractivity contribution < 1.29 is 5.11 Å². The number of phenols is 1. The van der Waals surface area contributed by atoms with E-state index in [1.165, 1.54) is 6.21 Å². The van der Waals surface area contributed by atoms with Crippen molar-refractivity contribution in [2.45, 2.75) is 0 Å². The summed E-state index contributed by atoms with van der Waals surface area (Å²) >= 11 is 0. The van der Waals surface area contributed by atoms with Gasteiger partial charge in [-0.15, -0.1) is 0 Å². The number of rotatable bonds is 3. The molecule has 0 aliphatic carbocycles. The fourth-order valence-electron chi connectivity index (χ4n) is 1.12. The molecule has 0 bridgehead atoms. The number of hydrogen-bond acceptors (Lipinski definition) is 5. The maximum absolute atomic E-state index is 9.72. The Balaban J connectivity index is 2.76. The van der Waals surface area contributed by atoms with Gasteiger partial charge in [0.05, 0.1) is 6.21 Å². The molecule has 92 valence electrons. The maximum atomic E-state index is 9.72. The highest BCUT2D eigenvalue weighted by Crippen LogP contribution is 2.21. The van der Waals surface area contributed by atoms with E-state index in [1.807, 2.05) is 25.1 Å². The molecule has 6 N–H and O–H groups in total. The van der Waals surface area contributed by atoms with E-state index in [9.17, 15) is 5.11 Å². The third-order valence-corrected chi connectivity index (χ3v) is 2.05. The number of benzene rings is 1. The van der Waals surface area contributed by atoms with Gasteiger partial charge >= 0.3 is 0 Å². The molecule has 7 heteroatoms. The number of anilines is 1. The minimum absolute atomic E-state index is 0.119. The fourth-order valence-corrected chi connectivity index (χ4v) is 1.12. The number of nitrogens with zero attached hydrogens (tertiary/aromatic N) is 2. The molecule has 0 radical (unpaired) electrons. The summed E-state index contributed by atoms with van der Waals surface area (Å²) in [4.78, 5) is 1.88. The van der Waals surface area contributed by atoms with Crippen LogP contribution in [0.2, 0.25) is 0 Å². The van der Waals surface area contributed by atoms with Crippen molar-refractivity contribution in [1.82, 2.24) is 10.9 Å². The lowest BCUT2D eigenvalue weighted by atomic mass is 10.2. The average Bonchev–Trinajstić information content (AvgIpc) is 2.30. The third kappa shape index (κ3) is 3.65. The number of guanidine groups is 1. The van der Waals surface area contributed by atoms with E-state index in [2.05, 4.69) is 16.0 Å². The van der Waals surface area contributed by atoms with Gasteiger partial charge in [-0.2, -0.15) is 5.10 Å². The van der Waals surface area contributed by atoms with Gasteiger partial charge in [0, 0.05) is 31.4 Å². The Hall–Kier alpha value is -2.28. The van der Waals surface area contributed by atoms with Crippen LogP contribution in [0.15, 0.2) is 23.3 Å². The van der Waals surface area contributed by atoms with Gasteiger partial charge in [0.25, 0.3) is 0 Å². The number of hydrogen-bond donors (Lipinski definition) is 5. The first-order valence-corrected chi connectivity index (χ1v) is 4.89. The van der Waals surface area contributed by atoms with Crippen LogP contribution in [0, 0.1) is 5.41 Å². The van der Waals surface area contributed by atoms with Crippen molar-refractivity contribution in [2.24, 2.45) is 10.9 Å². The number of hydrazone groups is 1. The van der Waals surface area contributed by atoms with Crippen LogP contribution < -0.4 is 21.6 Å². The van der Waals surface area contributed by atoms with Crippen LogP contribution in [-0.2, 0) is 0 Å². The first-order chi connectivity index (χ1) is 8.04. The Labute approximate surface area is 99.4 Å². The van der Waals surface area contributed by atoms with Crippen LogP contribution in [0.4, 0.5) is 5.69 Å². The highest BCUT2D eigenvalue weighted by atomic mass is 16.3. The zero-order valence-electron chi connectivity index (χ0n) is 9.73. The Morgan fingerprint density at radius 2 is 2.24 bits per heavy atom. The summed E-state index contributed by atoms with van der Waals surface area (Å²) in [6.07, 6.45) is 1.40. The summed E-state index contributed by atoms with van der Waals surface area (Å²) in [5.74, 6) is 4.95. The summed E-state index contributed by atoms with van der Waals surface area (Å²) in [7, 11) is 3.77. The quantitative estimate of drug-likeness (QED) is 0.216. The summed E-state index contributed by atoms with van der Waals surface area (Å²) < 4.78 is 0. The second-order valence-corrected chi connectivity index (χ2v) is 3.53. The van der Waals surface area contributed by atoms with Crippen LogP contribution in [0.3, 0.4) is 0 Å². The van der Waals surface area contributed by atoms with E-state index >= 15 is 0 Å². The fraction of sp³-hybridized carbons (Fsp3) is 0.200. The van der Waals surface area contributed by atoms with Crippen molar-refractivity contribution in [3.63, 3.8) is 0 Å². The largest absolute Gasteiger partial charge is 0.507 e. The molecule has 1 aromatic rings. The van der Waals surface area contributed by atoms with Gasteiger partial charge in [-0.3, -0.25) is 10.8 Å². The summed E-state index contributed by atoms with van der Waals surface area (Å²) in [5, 5.41) is 20.6. The molecule has 1 aromatic carbocycles. The lowest BCUT2D eigenvalue weighted by Crippen LogP contribution is -2.38. The minimum atomic E-state index is -0.134. The summed E-state index contributed by atoms with van der Waals surface area (Å²) in [5.41, 5.74) is 5.86. The van der Waals surface area contributed by atoms with Crippen molar-refractivity contribution in [2.75, 3.05) is 19.0 Å². The molecule has 7 nitrogen and oxygen atoms in total. The van der Waals surface area contributed by atoms with Gasteiger partial charge in [0.15, 0.2) is 0 Å². The molecule has 17 heavy (non-hydrogen) atoms. The molecule has 0 heterocycles. The van der Waals surface area contributed by atoms with Gasteiger partial charge in [-0.05, 0) is 12.1 Å². The molecule has 0 saturated carbocycles. The topological polar surface area (TPSA) is 110 Å². The predicted octanol–water partition coefficient (Wildman–Crippen LogP) is -0.220. The van der Waals surface area contributed by atoms with E-state index in [4.69, 9.17) is 11.3 Å². The first-order valence-electron chi connectivity index (χ1n) is 4.89. The minimum Gasteiger partial charge on any atom is -0.507 e. The standard InChI is InChI=1S/C10H16N6O/c1-16(2)8-4-3-7(9(17)5-8)6-13-15-10(11)14-12/h3-6,17H,12H2,1-2H3,(H3,11,14,15). The smallest absolute Gasteiger partial charge is 0.223 e. The molecule has 0 aliphatic rings. The SMILES string of the molecule is CN(C)c1ccc(C=NNC(=N)NN)c(O)c1. The Morgan fingerprint density at radius 1 is 1.53 bits per heavy atom. The van der Waals surface area contributed by atoms with E-state index in [0.29, 0.717) is 5.56 Å². The van der Waals surface area contributed by atoms with E-state index in [1.54, 1.807) is 12.1 Å². The molecule has 1 rings (SSSR count). The van der Waals surface area contributed by atoms with E-state index in [-0.39, 0.29) is 11.7 Å². The number of aromatic hydroxyl groups is 1. The summed E-state index contributed by atoms with van der Waals surface area (Å²) in [6.45, 7) is 0. The highest BCUT2D eigenvalue weighted by molar-refractivity contribution is 5.85. The Morgan fingerprint density at radius 3 is 2.76 bits per heavy atom. The molecule has 0 fully saturated rings. The average molecular weight is 236 g/mol. The molecule has 0 aliphatic heterocycles. The van der Waals surface area contributed by atoms with Crippen LogP contribution in [0.1, 0.15) is 5.56 Å². The molecule has 0 unspecified atom stereocenters. The zero-order chi connectivity index (χ0) is 12.8. The van der Waals surface area contributed by atoms with Gasteiger partial charge in [-0.1, -0.05) is 0 Å². The normalized spacial score (nSPS) is 10.3. The molecule has 0 atom stereocenters. The van der Waals surface area contributed by atoms with Gasteiger partial charge in [0.1, 0.15) is 5.75 Å². The molecule has 0 amide bonds. The first kappa shape index (κ1) is 12.8. The molecule has 0 spiro atoms. The third-order valence-electron chi connectivity index (χ3n) is 2.05. The van der Waals surface area contributed by atoms with Crippen LogP contribution >= 0.6 is 0 Å². The van der Waals surface area contributed by atoms with Gasteiger partial charge in [0.2, 0.25) is 5.96 Å². The lowest BCUT2D eigenvalue weighted by molar-refractivity contribution is 0.474. The maximum Gasteiger partial charge on any atom is 0.223 e. The van der Waals surface area contributed by atoms with Crippen LogP contribution in [-0.4, -0.2) is 31.4 Å². The molecular weight excluding hydrogens is 220 g/mol. The highest BCUT2D eigenvalue weighted by Gasteiger charge is 2.01. The Kier molecular flexibility index (Phi) is 4.29. The number of phenolic OH excluding ortho intramolecular Hbond substituents is 1. The van der Waals surface area contributed by atoms with Crippen molar-refractivity contribution in [1.29, 1.82) is 5.41 Å². The van der Waals surface area contributed by atoms with Crippen molar-refractivity contribution in [3.8, 4) is 5.75 Å². The monoisotopic (exact) mass is 236 g/mol. The van der Waals surface area contributed by atoms with Crippen LogP contribution in [0.5, 0.6) is 5.75 Å². The molecule has 0 saturated heterocycles. The number of nitrogens with two attached hydrogens (primary N) is 1.